The van der Waals surface area contributed by atoms with Crippen molar-refractivity contribution < 1.29 is 17.6 Å². The fraction of sp³-hybridized carbons (Fsp3) is 0.565. The van der Waals surface area contributed by atoms with Gasteiger partial charge in [-0.2, -0.15) is 17.0 Å². The number of amides is 1. The number of hydrogen-bond donors (Lipinski definition) is 0. The molecule has 2 aliphatic rings. The van der Waals surface area contributed by atoms with Crippen LogP contribution in [0.3, 0.4) is 0 Å². The number of hydrogen-bond acceptors (Lipinski definition) is 6. The van der Waals surface area contributed by atoms with E-state index in [1.54, 1.807) is 22.5 Å². The quantitative estimate of drug-likeness (QED) is 0.562. The van der Waals surface area contributed by atoms with Crippen LogP contribution in [0, 0.1) is 0 Å². The summed E-state index contributed by atoms with van der Waals surface area (Å²) in [6, 6.07) is 9.80. The molecule has 2 heterocycles. The fourth-order valence-electron chi connectivity index (χ4n) is 4.40. The SMILES string of the molecule is CN(C1CCCCC1)S(=O)(=O)N1CCN(C(=O)CSCc2coc(-c3ccccc3)n2)CC1. The van der Waals surface area contributed by atoms with Crippen molar-refractivity contribution in [1.29, 1.82) is 0 Å². The van der Waals surface area contributed by atoms with Crippen molar-refractivity contribution in [1.82, 2.24) is 18.5 Å². The number of nitrogens with zero attached hydrogens (tertiary/aromatic N) is 4. The zero-order chi connectivity index (χ0) is 23.3. The number of thioether (sulfide) groups is 1. The third-order valence-electron chi connectivity index (χ3n) is 6.42. The number of benzene rings is 1. The number of carbonyl (C=O) groups excluding carboxylic acids is 1. The lowest BCUT2D eigenvalue weighted by Gasteiger charge is -2.38. The molecule has 4 rings (SSSR count). The first-order valence-electron chi connectivity index (χ1n) is 11.5. The summed E-state index contributed by atoms with van der Waals surface area (Å²) in [7, 11) is -1.78. The average molecular weight is 493 g/mol. The molecule has 1 aliphatic heterocycles. The summed E-state index contributed by atoms with van der Waals surface area (Å²) >= 11 is 1.49. The molecule has 0 spiro atoms. The summed E-state index contributed by atoms with van der Waals surface area (Å²) in [5.41, 5.74) is 1.72. The molecule has 2 aromatic rings. The smallest absolute Gasteiger partial charge is 0.282 e. The van der Waals surface area contributed by atoms with Crippen LogP contribution < -0.4 is 0 Å². The molecule has 1 aromatic carbocycles. The van der Waals surface area contributed by atoms with Crippen molar-refractivity contribution in [2.75, 3.05) is 39.0 Å². The molecule has 0 unspecified atom stereocenters. The standard InChI is InChI=1S/C23H32N4O4S2/c1-25(21-10-6-3-7-11-21)33(29,30)27-14-12-26(13-15-27)22(28)18-32-17-20-16-31-23(24-20)19-8-4-2-5-9-19/h2,4-5,8-9,16,21H,3,6-7,10-15,17-18H2,1H3. The van der Waals surface area contributed by atoms with E-state index in [1.165, 1.54) is 22.5 Å². The topological polar surface area (TPSA) is 87.0 Å². The van der Waals surface area contributed by atoms with E-state index < -0.39 is 10.2 Å². The minimum Gasteiger partial charge on any atom is -0.444 e. The van der Waals surface area contributed by atoms with Crippen LogP contribution in [0.15, 0.2) is 41.0 Å². The molecule has 33 heavy (non-hydrogen) atoms. The van der Waals surface area contributed by atoms with Gasteiger partial charge in [0.15, 0.2) is 0 Å². The zero-order valence-electron chi connectivity index (χ0n) is 19.1. The van der Waals surface area contributed by atoms with Crippen LogP contribution in [0.5, 0.6) is 0 Å². The van der Waals surface area contributed by atoms with E-state index in [0.717, 1.165) is 36.9 Å². The molecule has 1 saturated carbocycles. The molecule has 0 radical (unpaired) electrons. The highest BCUT2D eigenvalue weighted by atomic mass is 32.2. The van der Waals surface area contributed by atoms with E-state index >= 15 is 0 Å². The molecule has 0 N–H and O–H groups in total. The van der Waals surface area contributed by atoms with Gasteiger partial charge in [0.05, 0.1) is 11.4 Å². The Hall–Kier alpha value is -1.88. The Bertz CT molecular complexity index is 1010. The van der Waals surface area contributed by atoms with Crippen LogP contribution in [0.25, 0.3) is 11.5 Å². The van der Waals surface area contributed by atoms with Crippen molar-refractivity contribution in [3.8, 4) is 11.5 Å². The minimum absolute atomic E-state index is 0.0319. The van der Waals surface area contributed by atoms with Crippen molar-refractivity contribution in [2.24, 2.45) is 0 Å². The highest BCUT2D eigenvalue weighted by Crippen LogP contribution is 2.25. The third kappa shape index (κ3) is 5.98. The predicted molar refractivity (Wildman–Crippen MR) is 130 cm³/mol. The fourth-order valence-corrected chi connectivity index (χ4v) is 6.78. The summed E-state index contributed by atoms with van der Waals surface area (Å²) in [5.74, 6) is 1.53. The maximum absolute atomic E-state index is 13.0. The number of aromatic nitrogens is 1. The summed E-state index contributed by atoms with van der Waals surface area (Å²) in [5, 5.41) is 0. The lowest BCUT2D eigenvalue weighted by molar-refractivity contribution is -0.129. The summed E-state index contributed by atoms with van der Waals surface area (Å²) < 4.78 is 34.7. The van der Waals surface area contributed by atoms with Crippen LogP contribution in [-0.4, -0.2) is 77.8 Å². The normalized spacial score (nSPS) is 18.7. The maximum Gasteiger partial charge on any atom is 0.282 e. The van der Waals surface area contributed by atoms with Gasteiger partial charge >= 0.3 is 0 Å². The van der Waals surface area contributed by atoms with Crippen molar-refractivity contribution in [3.05, 3.63) is 42.3 Å². The molecule has 1 saturated heterocycles. The second-order valence-electron chi connectivity index (χ2n) is 8.60. The van der Waals surface area contributed by atoms with Gasteiger partial charge in [0, 0.05) is 50.6 Å². The van der Waals surface area contributed by atoms with Gasteiger partial charge in [-0.1, -0.05) is 37.5 Å². The molecule has 1 aromatic heterocycles. The molecule has 180 valence electrons. The lowest BCUT2D eigenvalue weighted by atomic mass is 9.96. The predicted octanol–water partition coefficient (Wildman–Crippen LogP) is 3.23. The van der Waals surface area contributed by atoms with Gasteiger partial charge in [-0.05, 0) is 25.0 Å². The lowest BCUT2D eigenvalue weighted by Crippen LogP contribution is -2.55. The number of rotatable bonds is 8. The van der Waals surface area contributed by atoms with Crippen LogP contribution in [0.4, 0.5) is 0 Å². The monoisotopic (exact) mass is 492 g/mol. The highest BCUT2D eigenvalue weighted by Gasteiger charge is 2.35. The van der Waals surface area contributed by atoms with Crippen molar-refractivity contribution in [3.63, 3.8) is 0 Å². The van der Waals surface area contributed by atoms with Gasteiger partial charge in [0.1, 0.15) is 6.26 Å². The van der Waals surface area contributed by atoms with E-state index in [9.17, 15) is 13.2 Å². The molecule has 8 nitrogen and oxygen atoms in total. The summed E-state index contributed by atoms with van der Waals surface area (Å²) in [4.78, 5) is 18.9. The second kappa shape index (κ2) is 11.0. The molecule has 0 bridgehead atoms. The number of carbonyl (C=O) groups is 1. The van der Waals surface area contributed by atoms with Crippen LogP contribution >= 0.6 is 11.8 Å². The van der Waals surface area contributed by atoms with E-state index in [-0.39, 0.29) is 11.9 Å². The van der Waals surface area contributed by atoms with Crippen molar-refractivity contribution >= 4 is 27.9 Å². The Labute approximate surface area is 200 Å². The Morgan fingerprint density at radius 1 is 1.12 bits per heavy atom. The first-order chi connectivity index (χ1) is 15.9. The zero-order valence-corrected chi connectivity index (χ0v) is 20.7. The van der Waals surface area contributed by atoms with Crippen LogP contribution in [0.2, 0.25) is 0 Å². The Morgan fingerprint density at radius 3 is 2.52 bits per heavy atom. The molecular formula is C23H32N4O4S2. The van der Waals surface area contributed by atoms with E-state index in [1.807, 2.05) is 30.3 Å². The first kappa shape index (κ1) is 24.3. The van der Waals surface area contributed by atoms with Crippen LogP contribution in [0.1, 0.15) is 37.8 Å². The third-order valence-corrected chi connectivity index (χ3v) is 9.41. The van der Waals surface area contributed by atoms with Gasteiger partial charge in [-0.15, -0.1) is 11.8 Å². The largest absolute Gasteiger partial charge is 0.444 e. The van der Waals surface area contributed by atoms with Gasteiger partial charge in [-0.3, -0.25) is 4.79 Å². The second-order valence-corrected chi connectivity index (χ2v) is 11.6. The average Bonchev–Trinajstić information content (AvgIpc) is 3.33. The highest BCUT2D eigenvalue weighted by molar-refractivity contribution is 7.99. The summed E-state index contributed by atoms with van der Waals surface area (Å²) in [6.45, 7) is 1.55. The van der Waals surface area contributed by atoms with Crippen LogP contribution in [-0.2, 0) is 20.8 Å². The Balaban J connectivity index is 1.21. The van der Waals surface area contributed by atoms with Gasteiger partial charge in [0.2, 0.25) is 11.8 Å². The number of oxazole rings is 1. The van der Waals surface area contributed by atoms with E-state index in [0.29, 0.717) is 43.6 Å². The molecule has 0 atom stereocenters. The maximum atomic E-state index is 13.0. The van der Waals surface area contributed by atoms with Gasteiger partial charge in [0.25, 0.3) is 10.2 Å². The van der Waals surface area contributed by atoms with E-state index in [4.69, 9.17) is 4.42 Å². The minimum atomic E-state index is -3.48. The number of piperazine rings is 1. The molecule has 10 heteroatoms. The first-order valence-corrected chi connectivity index (χ1v) is 14.1. The Morgan fingerprint density at radius 2 is 1.82 bits per heavy atom. The van der Waals surface area contributed by atoms with Gasteiger partial charge < -0.3 is 9.32 Å². The van der Waals surface area contributed by atoms with E-state index in [2.05, 4.69) is 4.98 Å². The molecule has 1 aliphatic carbocycles. The molecule has 2 fully saturated rings. The van der Waals surface area contributed by atoms with Crippen molar-refractivity contribution in [2.45, 2.75) is 43.9 Å². The molecule has 1 amide bonds. The molecular weight excluding hydrogens is 460 g/mol. The van der Waals surface area contributed by atoms with Gasteiger partial charge in [-0.25, -0.2) is 4.98 Å². The summed E-state index contributed by atoms with van der Waals surface area (Å²) in [6.07, 6.45) is 6.87. The Kier molecular flexibility index (Phi) is 8.11.